The molecule has 1 atom stereocenters. The number of benzene rings is 1. The van der Waals surface area contributed by atoms with Crippen LogP contribution in [0.4, 0.5) is 0 Å². The van der Waals surface area contributed by atoms with Crippen LogP contribution in [0.15, 0.2) is 24.3 Å². The minimum Gasteiger partial charge on any atom is -0.345 e. The molecule has 3 nitrogen and oxygen atoms in total. The molecule has 0 aliphatic carbocycles. The van der Waals surface area contributed by atoms with Crippen molar-refractivity contribution < 1.29 is 4.79 Å². The molecule has 0 radical (unpaired) electrons. The molecule has 112 valence electrons. The van der Waals surface area contributed by atoms with E-state index in [0.29, 0.717) is 12.1 Å². The smallest absolute Gasteiger partial charge is 0.251 e. The molecule has 1 amide bonds. The zero-order chi connectivity index (χ0) is 15.6. The number of hydrogen-bond donors (Lipinski definition) is 2. The van der Waals surface area contributed by atoms with Crippen molar-refractivity contribution in [2.24, 2.45) is 11.7 Å². The standard InChI is InChI=1S/C17H28N2O/c1-12(2)17(6,11-18)19-15(20)13-7-9-14(10-8-13)16(3,4)5/h7-10,12H,11,18H2,1-6H3,(H,19,20). The van der Waals surface area contributed by atoms with Crippen LogP contribution in [0, 0.1) is 5.92 Å². The van der Waals surface area contributed by atoms with E-state index in [1.54, 1.807) is 0 Å². The summed E-state index contributed by atoms with van der Waals surface area (Å²) in [4.78, 5) is 12.3. The number of nitrogens with two attached hydrogens (primary N) is 1. The maximum Gasteiger partial charge on any atom is 0.251 e. The molecule has 0 bridgehead atoms. The molecule has 0 heterocycles. The average molecular weight is 276 g/mol. The van der Waals surface area contributed by atoms with E-state index in [9.17, 15) is 4.79 Å². The topological polar surface area (TPSA) is 55.1 Å². The van der Waals surface area contributed by atoms with Gasteiger partial charge in [0.25, 0.3) is 5.91 Å². The van der Waals surface area contributed by atoms with E-state index >= 15 is 0 Å². The molecule has 0 aliphatic rings. The van der Waals surface area contributed by atoms with E-state index in [0.717, 1.165) is 0 Å². The van der Waals surface area contributed by atoms with E-state index in [1.165, 1.54) is 5.56 Å². The van der Waals surface area contributed by atoms with Crippen molar-refractivity contribution in [2.45, 2.75) is 52.5 Å². The largest absolute Gasteiger partial charge is 0.345 e. The lowest BCUT2D eigenvalue weighted by Gasteiger charge is -2.33. The minimum absolute atomic E-state index is 0.0629. The maximum atomic E-state index is 12.3. The van der Waals surface area contributed by atoms with Crippen molar-refractivity contribution in [3.63, 3.8) is 0 Å². The van der Waals surface area contributed by atoms with Crippen molar-refractivity contribution in [2.75, 3.05) is 6.54 Å². The molecule has 3 N–H and O–H groups in total. The third-order valence-corrected chi connectivity index (χ3v) is 4.11. The average Bonchev–Trinajstić information content (AvgIpc) is 2.37. The highest BCUT2D eigenvalue weighted by molar-refractivity contribution is 5.94. The summed E-state index contributed by atoms with van der Waals surface area (Å²) in [6, 6.07) is 7.80. The fourth-order valence-electron chi connectivity index (χ4n) is 1.88. The van der Waals surface area contributed by atoms with Gasteiger partial charge in [0.05, 0.1) is 5.54 Å². The molecular formula is C17H28N2O. The molecule has 20 heavy (non-hydrogen) atoms. The first-order chi connectivity index (χ1) is 9.10. The van der Waals surface area contributed by atoms with Crippen molar-refractivity contribution in [3.05, 3.63) is 35.4 Å². The van der Waals surface area contributed by atoms with Gasteiger partial charge in [-0.1, -0.05) is 46.8 Å². The lowest BCUT2D eigenvalue weighted by atomic mass is 9.86. The van der Waals surface area contributed by atoms with Crippen LogP contribution in [0.5, 0.6) is 0 Å². The van der Waals surface area contributed by atoms with E-state index in [4.69, 9.17) is 5.73 Å². The second-order valence-electron chi connectivity index (χ2n) is 7.06. The SMILES string of the molecule is CC(C)C(C)(CN)NC(=O)c1ccc(C(C)(C)C)cc1. The minimum atomic E-state index is -0.375. The predicted octanol–water partition coefficient (Wildman–Crippen LogP) is 3.09. The molecule has 1 unspecified atom stereocenters. The summed E-state index contributed by atoms with van der Waals surface area (Å²) in [5.41, 5.74) is 7.42. The number of nitrogens with one attached hydrogen (secondary N) is 1. The van der Waals surface area contributed by atoms with E-state index in [-0.39, 0.29) is 22.8 Å². The third kappa shape index (κ3) is 3.83. The van der Waals surface area contributed by atoms with Crippen LogP contribution in [0.3, 0.4) is 0 Å². The number of amides is 1. The Labute approximate surface area is 122 Å². The molecule has 0 spiro atoms. The highest BCUT2D eigenvalue weighted by atomic mass is 16.1. The van der Waals surface area contributed by atoms with Gasteiger partial charge in [-0.25, -0.2) is 0 Å². The van der Waals surface area contributed by atoms with Crippen molar-refractivity contribution in [1.82, 2.24) is 5.32 Å². The summed E-state index contributed by atoms with van der Waals surface area (Å²) in [7, 11) is 0. The first kappa shape index (κ1) is 16.7. The molecule has 3 heteroatoms. The van der Waals surface area contributed by atoms with Gasteiger partial charge in [-0.3, -0.25) is 4.79 Å². The van der Waals surface area contributed by atoms with Crippen LogP contribution in [-0.4, -0.2) is 18.0 Å². The van der Waals surface area contributed by atoms with Crippen LogP contribution in [0.25, 0.3) is 0 Å². The molecular weight excluding hydrogens is 248 g/mol. The summed E-state index contributed by atoms with van der Waals surface area (Å²) in [6.45, 7) is 13.0. The van der Waals surface area contributed by atoms with Gasteiger partial charge in [-0.15, -0.1) is 0 Å². The van der Waals surface area contributed by atoms with Crippen molar-refractivity contribution in [3.8, 4) is 0 Å². The zero-order valence-corrected chi connectivity index (χ0v) is 13.6. The first-order valence-corrected chi connectivity index (χ1v) is 7.23. The van der Waals surface area contributed by atoms with Gasteiger partial charge in [0, 0.05) is 12.1 Å². The highest BCUT2D eigenvalue weighted by Gasteiger charge is 2.28. The first-order valence-electron chi connectivity index (χ1n) is 7.23. The van der Waals surface area contributed by atoms with Crippen LogP contribution in [0.2, 0.25) is 0 Å². The summed E-state index contributed by atoms with van der Waals surface area (Å²) in [6.07, 6.45) is 0. The van der Waals surface area contributed by atoms with Crippen LogP contribution in [-0.2, 0) is 5.41 Å². The van der Waals surface area contributed by atoms with E-state index < -0.39 is 0 Å². The fraction of sp³-hybridized carbons (Fsp3) is 0.588. The summed E-state index contributed by atoms with van der Waals surface area (Å²) in [5.74, 6) is 0.220. The van der Waals surface area contributed by atoms with Gasteiger partial charge in [-0.2, -0.15) is 0 Å². The number of carbonyl (C=O) groups is 1. The Morgan fingerprint density at radius 2 is 1.65 bits per heavy atom. The van der Waals surface area contributed by atoms with Crippen molar-refractivity contribution in [1.29, 1.82) is 0 Å². The molecule has 0 saturated carbocycles. The summed E-state index contributed by atoms with van der Waals surface area (Å²) in [5, 5.41) is 3.05. The molecule has 1 aromatic rings. The Bertz CT molecular complexity index is 457. The van der Waals surface area contributed by atoms with E-state index in [2.05, 4.69) is 39.9 Å². The molecule has 0 saturated heterocycles. The second-order valence-corrected chi connectivity index (χ2v) is 7.06. The zero-order valence-electron chi connectivity index (χ0n) is 13.6. The maximum absolute atomic E-state index is 12.3. The van der Waals surface area contributed by atoms with Gasteiger partial charge in [0.1, 0.15) is 0 Å². The molecule has 1 rings (SSSR count). The quantitative estimate of drug-likeness (QED) is 0.888. The lowest BCUT2D eigenvalue weighted by Crippen LogP contribution is -2.55. The molecule has 1 aromatic carbocycles. The van der Waals surface area contributed by atoms with Crippen LogP contribution < -0.4 is 11.1 Å². The van der Waals surface area contributed by atoms with Gasteiger partial charge >= 0.3 is 0 Å². The Morgan fingerprint density at radius 3 is 2.00 bits per heavy atom. The predicted molar refractivity (Wildman–Crippen MR) is 84.9 cm³/mol. The number of carbonyl (C=O) groups excluding carboxylic acids is 1. The van der Waals surface area contributed by atoms with Gasteiger partial charge < -0.3 is 11.1 Å². The monoisotopic (exact) mass is 276 g/mol. The van der Waals surface area contributed by atoms with Crippen molar-refractivity contribution >= 4 is 5.91 Å². The summed E-state index contributed by atoms with van der Waals surface area (Å²) < 4.78 is 0. The molecule has 0 aliphatic heterocycles. The Balaban J connectivity index is 2.89. The molecule has 0 aromatic heterocycles. The number of hydrogen-bond acceptors (Lipinski definition) is 2. The van der Waals surface area contributed by atoms with Crippen LogP contribution in [0.1, 0.15) is 57.5 Å². The lowest BCUT2D eigenvalue weighted by molar-refractivity contribution is 0.0883. The second kappa shape index (κ2) is 5.96. The number of rotatable bonds is 4. The Kier molecular flexibility index (Phi) is 4.98. The van der Waals surface area contributed by atoms with Gasteiger partial charge in [0.2, 0.25) is 0 Å². The fourth-order valence-corrected chi connectivity index (χ4v) is 1.88. The third-order valence-electron chi connectivity index (χ3n) is 4.11. The van der Waals surface area contributed by atoms with Crippen LogP contribution >= 0.6 is 0 Å². The Hall–Kier alpha value is -1.35. The van der Waals surface area contributed by atoms with Gasteiger partial charge in [0.15, 0.2) is 0 Å². The van der Waals surface area contributed by atoms with Gasteiger partial charge in [-0.05, 0) is 36.0 Å². The van der Waals surface area contributed by atoms with E-state index in [1.807, 2.05) is 31.2 Å². The highest BCUT2D eigenvalue weighted by Crippen LogP contribution is 2.22. The normalized spacial score (nSPS) is 15.0. The summed E-state index contributed by atoms with van der Waals surface area (Å²) >= 11 is 0. The Morgan fingerprint density at radius 1 is 1.15 bits per heavy atom. The molecule has 0 fully saturated rings.